The first-order valence-corrected chi connectivity index (χ1v) is 7.60. The monoisotopic (exact) mass is 347 g/mol. The lowest BCUT2D eigenvalue weighted by atomic mass is 9.70. The Morgan fingerprint density at radius 2 is 2.24 bits per heavy atom. The Labute approximate surface area is 131 Å². The maximum atomic E-state index is 9.29. The molecular formula is C15H14BrN3O2. The molecule has 1 heterocycles. The number of aromatic nitrogens is 2. The normalized spacial score (nSPS) is 17.6. The molecule has 21 heavy (non-hydrogen) atoms. The Morgan fingerprint density at radius 1 is 1.43 bits per heavy atom. The molecule has 2 aromatic rings. The molecule has 1 unspecified atom stereocenters. The minimum atomic E-state index is -0.583. The van der Waals surface area contributed by atoms with Crippen molar-refractivity contribution in [2.45, 2.75) is 37.7 Å². The number of rotatable bonds is 4. The molecule has 5 nitrogen and oxygen atoms in total. The fourth-order valence-electron chi connectivity index (χ4n) is 2.29. The molecule has 1 aromatic carbocycles. The number of hydrogen-bond donors (Lipinski definition) is 0. The van der Waals surface area contributed by atoms with Crippen molar-refractivity contribution in [2.75, 3.05) is 0 Å². The minimum Gasteiger partial charge on any atom is -0.481 e. The second-order valence-corrected chi connectivity index (χ2v) is 6.13. The van der Waals surface area contributed by atoms with Gasteiger partial charge in [0.05, 0.1) is 6.07 Å². The van der Waals surface area contributed by atoms with Crippen molar-refractivity contribution in [1.29, 1.82) is 5.26 Å². The van der Waals surface area contributed by atoms with Crippen LogP contribution in [0.4, 0.5) is 0 Å². The van der Waals surface area contributed by atoms with E-state index in [2.05, 4.69) is 32.2 Å². The van der Waals surface area contributed by atoms with E-state index in [0.29, 0.717) is 11.8 Å². The van der Waals surface area contributed by atoms with Gasteiger partial charge in [0.1, 0.15) is 11.2 Å². The van der Waals surface area contributed by atoms with Crippen LogP contribution in [0.2, 0.25) is 0 Å². The zero-order chi connectivity index (χ0) is 14.9. The fraction of sp³-hybridized carbons (Fsp3) is 0.400. The summed E-state index contributed by atoms with van der Waals surface area (Å²) in [6.45, 7) is 1.85. The predicted molar refractivity (Wildman–Crippen MR) is 78.6 cm³/mol. The summed E-state index contributed by atoms with van der Waals surface area (Å²) < 4.78 is 12.4. The Balaban J connectivity index is 1.75. The van der Waals surface area contributed by atoms with Crippen LogP contribution in [0.5, 0.6) is 5.75 Å². The number of ether oxygens (including phenoxy) is 1. The van der Waals surface area contributed by atoms with E-state index in [1.54, 1.807) is 0 Å². The van der Waals surface area contributed by atoms with Crippen LogP contribution in [0, 0.1) is 11.3 Å². The van der Waals surface area contributed by atoms with Gasteiger partial charge in [-0.05, 0) is 44.4 Å². The molecule has 3 rings (SSSR count). The number of hydrogen-bond acceptors (Lipinski definition) is 5. The molecule has 1 saturated carbocycles. The molecular weight excluding hydrogens is 334 g/mol. The molecule has 1 aliphatic carbocycles. The third-order valence-corrected chi connectivity index (χ3v) is 4.22. The topological polar surface area (TPSA) is 71.9 Å². The van der Waals surface area contributed by atoms with E-state index in [4.69, 9.17) is 9.15 Å². The van der Waals surface area contributed by atoms with Crippen LogP contribution in [0.1, 0.15) is 44.1 Å². The van der Waals surface area contributed by atoms with Gasteiger partial charge in [-0.3, -0.25) is 0 Å². The smallest absolute Gasteiger partial charge is 0.256 e. The maximum Gasteiger partial charge on any atom is 0.256 e. The van der Waals surface area contributed by atoms with E-state index in [9.17, 15) is 5.26 Å². The highest BCUT2D eigenvalue weighted by molar-refractivity contribution is 9.10. The quantitative estimate of drug-likeness (QED) is 0.837. The van der Waals surface area contributed by atoms with Gasteiger partial charge in [0, 0.05) is 4.47 Å². The third kappa shape index (κ3) is 2.66. The predicted octanol–water partition coefficient (Wildman–Crippen LogP) is 3.92. The van der Waals surface area contributed by atoms with Crippen LogP contribution in [-0.2, 0) is 5.41 Å². The van der Waals surface area contributed by atoms with E-state index < -0.39 is 5.41 Å². The zero-order valence-electron chi connectivity index (χ0n) is 11.5. The molecule has 0 aliphatic heterocycles. The number of halogens is 1. The van der Waals surface area contributed by atoms with Crippen LogP contribution in [0.25, 0.3) is 0 Å². The lowest BCUT2D eigenvalue weighted by Gasteiger charge is -2.30. The Hall–Kier alpha value is -1.87. The molecule has 0 N–H and O–H groups in total. The standard InChI is InChI=1S/C15H14BrN3O2/c1-10(20-12-5-2-4-11(16)8-12)13-18-19-14(21-13)15(9-17)6-3-7-15/h2,4-5,8,10H,3,6-7H2,1H3. The van der Waals surface area contributed by atoms with Gasteiger partial charge in [-0.2, -0.15) is 5.26 Å². The first-order chi connectivity index (χ1) is 10.1. The van der Waals surface area contributed by atoms with E-state index in [1.165, 1.54) is 0 Å². The van der Waals surface area contributed by atoms with Gasteiger partial charge in [-0.1, -0.05) is 22.0 Å². The van der Waals surface area contributed by atoms with Gasteiger partial charge >= 0.3 is 0 Å². The van der Waals surface area contributed by atoms with Crippen molar-refractivity contribution in [3.8, 4) is 11.8 Å². The highest BCUT2D eigenvalue weighted by Crippen LogP contribution is 2.42. The van der Waals surface area contributed by atoms with Gasteiger partial charge in [0.15, 0.2) is 6.10 Å². The summed E-state index contributed by atoms with van der Waals surface area (Å²) in [4.78, 5) is 0. The molecule has 1 fully saturated rings. The van der Waals surface area contributed by atoms with Crippen LogP contribution >= 0.6 is 15.9 Å². The number of nitrogens with zero attached hydrogens (tertiary/aromatic N) is 3. The molecule has 0 amide bonds. The first kappa shape index (κ1) is 14.1. The van der Waals surface area contributed by atoms with E-state index >= 15 is 0 Å². The highest BCUT2D eigenvalue weighted by atomic mass is 79.9. The summed E-state index contributed by atoms with van der Waals surface area (Å²) in [7, 11) is 0. The second kappa shape index (κ2) is 5.49. The summed E-state index contributed by atoms with van der Waals surface area (Å²) in [5.74, 6) is 1.53. The van der Waals surface area contributed by atoms with Gasteiger partial charge in [0.25, 0.3) is 5.89 Å². The van der Waals surface area contributed by atoms with Gasteiger partial charge in [0.2, 0.25) is 5.89 Å². The van der Waals surface area contributed by atoms with E-state index in [1.807, 2.05) is 31.2 Å². The Morgan fingerprint density at radius 3 is 2.86 bits per heavy atom. The average molecular weight is 348 g/mol. The molecule has 1 aromatic heterocycles. The first-order valence-electron chi connectivity index (χ1n) is 6.80. The lowest BCUT2D eigenvalue weighted by molar-refractivity contribution is 0.175. The zero-order valence-corrected chi connectivity index (χ0v) is 13.1. The van der Waals surface area contributed by atoms with Crippen molar-refractivity contribution in [3.05, 3.63) is 40.5 Å². The summed E-state index contributed by atoms with van der Waals surface area (Å²) in [6.07, 6.45) is 2.23. The van der Waals surface area contributed by atoms with Crippen LogP contribution in [-0.4, -0.2) is 10.2 Å². The SMILES string of the molecule is CC(Oc1cccc(Br)c1)c1nnc(C2(C#N)CCC2)o1. The molecule has 1 aliphatic rings. The summed E-state index contributed by atoms with van der Waals surface area (Å²) in [6, 6.07) is 9.85. The van der Waals surface area contributed by atoms with Crippen molar-refractivity contribution < 1.29 is 9.15 Å². The molecule has 0 radical (unpaired) electrons. The van der Waals surface area contributed by atoms with Gasteiger partial charge in [-0.15, -0.1) is 10.2 Å². The lowest BCUT2D eigenvalue weighted by Crippen LogP contribution is -2.32. The van der Waals surface area contributed by atoms with Crippen LogP contribution < -0.4 is 4.74 Å². The maximum absolute atomic E-state index is 9.29. The van der Waals surface area contributed by atoms with E-state index in [-0.39, 0.29) is 6.10 Å². The molecule has 0 spiro atoms. The molecule has 0 saturated heterocycles. The Bertz CT molecular complexity index is 688. The summed E-state index contributed by atoms with van der Waals surface area (Å²) in [5, 5.41) is 17.3. The van der Waals surface area contributed by atoms with Gasteiger partial charge < -0.3 is 9.15 Å². The van der Waals surface area contributed by atoms with Crippen LogP contribution in [0.15, 0.2) is 33.2 Å². The molecule has 1 atom stereocenters. The minimum absolute atomic E-state index is 0.364. The third-order valence-electron chi connectivity index (χ3n) is 3.73. The fourth-order valence-corrected chi connectivity index (χ4v) is 2.67. The van der Waals surface area contributed by atoms with Gasteiger partial charge in [-0.25, -0.2) is 0 Å². The number of nitriles is 1. The van der Waals surface area contributed by atoms with Crippen molar-refractivity contribution >= 4 is 15.9 Å². The van der Waals surface area contributed by atoms with Crippen molar-refractivity contribution in [1.82, 2.24) is 10.2 Å². The van der Waals surface area contributed by atoms with E-state index in [0.717, 1.165) is 29.5 Å². The summed E-state index contributed by atoms with van der Waals surface area (Å²) in [5.41, 5.74) is -0.583. The largest absolute Gasteiger partial charge is 0.481 e. The summed E-state index contributed by atoms with van der Waals surface area (Å²) >= 11 is 3.40. The number of benzene rings is 1. The van der Waals surface area contributed by atoms with Crippen molar-refractivity contribution in [3.63, 3.8) is 0 Å². The Kier molecular flexibility index (Phi) is 3.68. The molecule has 108 valence electrons. The molecule has 0 bridgehead atoms. The average Bonchev–Trinajstić information content (AvgIpc) is 2.88. The highest BCUT2D eigenvalue weighted by Gasteiger charge is 2.44. The second-order valence-electron chi connectivity index (χ2n) is 5.21. The molecule has 6 heteroatoms. The van der Waals surface area contributed by atoms with Crippen LogP contribution in [0.3, 0.4) is 0 Å². The van der Waals surface area contributed by atoms with Crippen molar-refractivity contribution in [2.24, 2.45) is 0 Å².